The number of hydrogen-bond donors (Lipinski definition) is 1. The number of halogens is 2. The summed E-state index contributed by atoms with van der Waals surface area (Å²) in [6, 6.07) is 7.86. The topological polar surface area (TPSA) is 64.4 Å². The number of aryl methyl sites for hydroxylation is 1. The van der Waals surface area contributed by atoms with Gasteiger partial charge < -0.3 is 14.6 Å². The number of aromatic nitrogens is 1. The van der Waals surface area contributed by atoms with Gasteiger partial charge >= 0.3 is 6.61 Å². The van der Waals surface area contributed by atoms with Gasteiger partial charge in [-0.3, -0.25) is 4.79 Å². The second-order valence-corrected chi connectivity index (χ2v) is 6.08. The van der Waals surface area contributed by atoms with E-state index in [2.05, 4.69) is 15.2 Å². The Morgan fingerprint density at radius 3 is 2.83 bits per heavy atom. The van der Waals surface area contributed by atoms with E-state index in [0.717, 1.165) is 5.69 Å². The Bertz CT molecular complexity index is 664. The van der Waals surface area contributed by atoms with Crippen molar-refractivity contribution in [3.05, 3.63) is 41.8 Å². The van der Waals surface area contributed by atoms with Crippen molar-refractivity contribution in [1.29, 1.82) is 0 Å². The van der Waals surface area contributed by atoms with E-state index in [1.165, 1.54) is 23.9 Å². The summed E-state index contributed by atoms with van der Waals surface area (Å²) in [4.78, 5) is 12.2. The molecule has 1 aromatic carbocycles. The smallest absolute Gasteiger partial charge is 0.387 e. The van der Waals surface area contributed by atoms with Crippen LogP contribution in [0.4, 0.5) is 14.5 Å². The summed E-state index contributed by atoms with van der Waals surface area (Å²) in [6.45, 7) is 0.566. The minimum Gasteiger partial charge on any atom is -0.433 e. The molecule has 0 fully saturated rings. The van der Waals surface area contributed by atoms with Crippen molar-refractivity contribution >= 4 is 23.4 Å². The number of alkyl halides is 2. The molecule has 1 amide bonds. The molecule has 23 heavy (non-hydrogen) atoms. The zero-order chi connectivity index (χ0) is 16.8. The number of para-hydroxylation sites is 2. The quantitative estimate of drug-likeness (QED) is 0.828. The van der Waals surface area contributed by atoms with Crippen molar-refractivity contribution in [2.75, 3.05) is 5.32 Å². The Morgan fingerprint density at radius 1 is 1.43 bits per heavy atom. The van der Waals surface area contributed by atoms with Crippen LogP contribution < -0.4 is 10.1 Å². The summed E-state index contributed by atoms with van der Waals surface area (Å²) in [5, 5.41) is 6.05. The first-order valence-electron chi connectivity index (χ1n) is 6.84. The summed E-state index contributed by atoms with van der Waals surface area (Å²) in [7, 11) is 0. The van der Waals surface area contributed by atoms with Crippen molar-refractivity contribution in [3.63, 3.8) is 0 Å². The maximum Gasteiger partial charge on any atom is 0.387 e. The zero-order valence-electron chi connectivity index (χ0n) is 12.6. The lowest BCUT2D eigenvalue weighted by Crippen LogP contribution is -2.23. The first-order valence-corrected chi connectivity index (χ1v) is 7.89. The number of rotatable bonds is 7. The molecule has 124 valence electrons. The maximum atomic E-state index is 12.4. The van der Waals surface area contributed by atoms with E-state index in [1.54, 1.807) is 32.0 Å². The molecule has 1 heterocycles. The van der Waals surface area contributed by atoms with Crippen LogP contribution in [-0.2, 0) is 10.5 Å². The van der Waals surface area contributed by atoms with E-state index in [0.29, 0.717) is 11.5 Å². The van der Waals surface area contributed by atoms with Gasteiger partial charge in [-0.1, -0.05) is 17.3 Å². The van der Waals surface area contributed by atoms with E-state index >= 15 is 0 Å². The first-order chi connectivity index (χ1) is 11.0. The number of ether oxygens (including phenoxy) is 1. The second-order valence-electron chi connectivity index (χ2n) is 4.75. The van der Waals surface area contributed by atoms with Crippen LogP contribution in [0, 0.1) is 6.92 Å². The van der Waals surface area contributed by atoms with Crippen LogP contribution in [0.1, 0.15) is 18.4 Å². The third kappa shape index (κ3) is 5.24. The van der Waals surface area contributed by atoms with Crippen LogP contribution in [0.25, 0.3) is 0 Å². The number of amides is 1. The molecule has 1 aromatic heterocycles. The molecule has 5 nitrogen and oxygen atoms in total. The van der Waals surface area contributed by atoms with E-state index in [4.69, 9.17) is 4.52 Å². The summed E-state index contributed by atoms with van der Waals surface area (Å²) in [6.07, 6.45) is 0. The highest BCUT2D eigenvalue weighted by molar-refractivity contribution is 7.99. The average molecular weight is 342 g/mol. The van der Waals surface area contributed by atoms with Crippen molar-refractivity contribution in [1.82, 2.24) is 5.16 Å². The number of anilines is 1. The molecule has 1 N–H and O–H groups in total. The highest BCUT2D eigenvalue weighted by atomic mass is 32.2. The molecule has 2 aromatic rings. The van der Waals surface area contributed by atoms with Crippen molar-refractivity contribution in [3.8, 4) is 5.75 Å². The molecule has 0 spiro atoms. The van der Waals surface area contributed by atoms with Gasteiger partial charge in [0.2, 0.25) is 5.91 Å². The minimum atomic E-state index is -2.95. The molecular weight excluding hydrogens is 326 g/mol. The lowest BCUT2D eigenvalue weighted by Gasteiger charge is -2.14. The molecule has 0 saturated carbocycles. The number of benzene rings is 1. The van der Waals surface area contributed by atoms with Crippen LogP contribution in [0.2, 0.25) is 0 Å². The van der Waals surface area contributed by atoms with Crippen LogP contribution in [0.5, 0.6) is 5.75 Å². The largest absolute Gasteiger partial charge is 0.433 e. The highest BCUT2D eigenvalue weighted by Crippen LogP contribution is 2.27. The van der Waals surface area contributed by atoms with E-state index in [-0.39, 0.29) is 17.3 Å². The number of nitrogens with one attached hydrogen (secondary N) is 1. The highest BCUT2D eigenvalue weighted by Gasteiger charge is 2.17. The van der Waals surface area contributed by atoms with Crippen molar-refractivity contribution in [2.24, 2.45) is 0 Å². The fraction of sp³-hybridized carbons (Fsp3) is 0.333. The van der Waals surface area contributed by atoms with E-state index in [9.17, 15) is 13.6 Å². The van der Waals surface area contributed by atoms with Gasteiger partial charge in [0, 0.05) is 11.8 Å². The number of thioether (sulfide) groups is 1. The molecule has 1 unspecified atom stereocenters. The van der Waals surface area contributed by atoms with Gasteiger partial charge in [-0.05, 0) is 26.0 Å². The lowest BCUT2D eigenvalue weighted by atomic mass is 10.3. The average Bonchev–Trinajstić information content (AvgIpc) is 2.92. The third-order valence-corrected chi connectivity index (χ3v) is 4.06. The molecule has 0 aliphatic carbocycles. The second kappa shape index (κ2) is 7.96. The summed E-state index contributed by atoms with van der Waals surface area (Å²) < 4.78 is 34.0. The number of nitrogens with zero attached hydrogens (tertiary/aromatic N) is 1. The van der Waals surface area contributed by atoms with E-state index < -0.39 is 11.9 Å². The summed E-state index contributed by atoms with van der Waals surface area (Å²) >= 11 is 1.37. The van der Waals surface area contributed by atoms with Gasteiger partial charge in [0.25, 0.3) is 0 Å². The molecule has 0 aliphatic rings. The van der Waals surface area contributed by atoms with Gasteiger partial charge in [-0.2, -0.15) is 8.78 Å². The standard InChI is InChI=1S/C15H16F2N2O3S/c1-9-7-11(19-22-9)8-23-10(2)14(20)18-12-5-3-4-6-13(12)21-15(16)17/h3-7,10,15H,8H2,1-2H3,(H,18,20). The SMILES string of the molecule is Cc1cc(CSC(C)C(=O)Nc2ccccc2OC(F)F)no1. The maximum absolute atomic E-state index is 12.4. The van der Waals surface area contributed by atoms with Crippen LogP contribution in [0.3, 0.4) is 0 Å². The number of hydrogen-bond acceptors (Lipinski definition) is 5. The monoisotopic (exact) mass is 342 g/mol. The third-order valence-electron chi connectivity index (χ3n) is 2.89. The minimum absolute atomic E-state index is 0.0693. The van der Waals surface area contributed by atoms with Crippen LogP contribution >= 0.6 is 11.8 Å². The molecule has 1 atom stereocenters. The predicted molar refractivity (Wildman–Crippen MR) is 83.7 cm³/mol. The first kappa shape index (κ1) is 17.3. The molecule has 0 saturated heterocycles. The van der Waals surface area contributed by atoms with Crippen molar-refractivity contribution < 1.29 is 22.8 Å². The summed E-state index contributed by atoms with van der Waals surface area (Å²) in [5.74, 6) is 0.845. The van der Waals surface area contributed by atoms with Crippen molar-refractivity contribution in [2.45, 2.75) is 31.5 Å². The fourth-order valence-electron chi connectivity index (χ4n) is 1.78. The Balaban J connectivity index is 1.93. The molecule has 0 aliphatic heterocycles. The number of carbonyl (C=O) groups is 1. The number of carbonyl (C=O) groups excluding carboxylic acids is 1. The normalized spacial score (nSPS) is 12.2. The molecule has 2 rings (SSSR count). The summed E-state index contributed by atoms with van der Waals surface area (Å²) in [5.41, 5.74) is 0.955. The van der Waals surface area contributed by atoms with E-state index in [1.807, 2.05) is 0 Å². The molecule has 8 heteroatoms. The van der Waals surface area contributed by atoms with Gasteiger partial charge in [0.15, 0.2) is 0 Å². The van der Waals surface area contributed by atoms with Gasteiger partial charge in [-0.15, -0.1) is 11.8 Å². The van der Waals surface area contributed by atoms with Gasteiger partial charge in [0.1, 0.15) is 11.5 Å². The Kier molecular flexibility index (Phi) is 5.97. The zero-order valence-corrected chi connectivity index (χ0v) is 13.4. The predicted octanol–water partition coefficient (Wildman–Crippen LogP) is 3.84. The van der Waals surface area contributed by atoms with Gasteiger partial charge in [-0.25, -0.2) is 0 Å². The van der Waals surface area contributed by atoms with Gasteiger partial charge in [0.05, 0.1) is 16.6 Å². The molecule has 0 bridgehead atoms. The Hall–Kier alpha value is -2.09. The Labute approximate surface area is 136 Å². The van der Waals surface area contributed by atoms with Crippen LogP contribution in [-0.4, -0.2) is 22.9 Å². The fourth-order valence-corrected chi connectivity index (χ4v) is 2.54. The van der Waals surface area contributed by atoms with Crippen LogP contribution in [0.15, 0.2) is 34.9 Å². The molecule has 0 radical (unpaired) electrons. The Morgan fingerprint density at radius 2 is 2.17 bits per heavy atom. The lowest BCUT2D eigenvalue weighted by molar-refractivity contribution is -0.115. The molecular formula is C15H16F2N2O3S.